The highest BCUT2D eigenvalue weighted by molar-refractivity contribution is 5.76. The highest BCUT2D eigenvalue weighted by Gasteiger charge is 2.18. The number of hydrogen-bond donors (Lipinski definition) is 3. The third kappa shape index (κ3) is 7.65. The zero-order valence-electron chi connectivity index (χ0n) is 23.2. The Labute approximate surface area is 230 Å². The lowest BCUT2D eigenvalue weighted by Gasteiger charge is -2.17. The second kappa shape index (κ2) is 13.7. The first-order valence-corrected chi connectivity index (χ1v) is 13.9. The van der Waals surface area contributed by atoms with Crippen LogP contribution in [0.5, 0.6) is 5.75 Å². The molecule has 9 nitrogen and oxygen atoms in total. The largest absolute Gasteiger partial charge is 0.490 e. The maximum atomic E-state index is 11.2. The molecule has 1 saturated heterocycles. The van der Waals surface area contributed by atoms with Gasteiger partial charge < -0.3 is 24.8 Å². The smallest absolute Gasteiger partial charge is 0.258 e. The van der Waals surface area contributed by atoms with Crippen LogP contribution in [0.3, 0.4) is 0 Å². The molecule has 2 heterocycles. The van der Waals surface area contributed by atoms with E-state index < -0.39 is 18.6 Å². The van der Waals surface area contributed by atoms with E-state index in [1.807, 2.05) is 26.0 Å². The molecule has 1 unspecified atom stereocenters. The number of ether oxygens (including phenoxy) is 1. The second-order valence-electron chi connectivity index (χ2n) is 10.3. The van der Waals surface area contributed by atoms with Gasteiger partial charge in [0.15, 0.2) is 0 Å². The first-order valence-electron chi connectivity index (χ1n) is 13.9. The van der Waals surface area contributed by atoms with E-state index in [9.17, 15) is 9.90 Å². The molecule has 2 aromatic carbocycles. The summed E-state index contributed by atoms with van der Waals surface area (Å²) in [6.45, 7) is 8.80. The molecule has 1 aliphatic heterocycles. The highest BCUT2D eigenvalue weighted by atomic mass is 16.5. The van der Waals surface area contributed by atoms with E-state index in [1.165, 1.54) is 24.0 Å². The Balaban J connectivity index is 1.52. The van der Waals surface area contributed by atoms with Crippen molar-refractivity contribution in [1.82, 2.24) is 20.4 Å². The monoisotopic (exact) mass is 536 g/mol. The summed E-state index contributed by atoms with van der Waals surface area (Å²) in [5.74, 6) is 1.18. The average molecular weight is 537 g/mol. The van der Waals surface area contributed by atoms with Gasteiger partial charge in [-0.3, -0.25) is 9.69 Å². The summed E-state index contributed by atoms with van der Waals surface area (Å²) in [5, 5.41) is 25.7. The summed E-state index contributed by atoms with van der Waals surface area (Å²) >= 11 is 0. The summed E-state index contributed by atoms with van der Waals surface area (Å²) in [5.41, 5.74) is 6.20. The molecule has 1 fully saturated rings. The summed E-state index contributed by atoms with van der Waals surface area (Å²) in [6.07, 6.45) is 4.42. The van der Waals surface area contributed by atoms with Crippen molar-refractivity contribution in [2.75, 3.05) is 32.8 Å². The van der Waals surface area contributed by atoms with Crippen molar-refractivity contribution in [1.29, 1.82) is 0 Å². The fourth-order valence-corrected chi connectivity index (χ4v) is 5.04. The van der Waals surface area contributed by atoms with Gasteiger partial charge in [-0.2, -0.15) is 4.98 Å². The summed E-state index contributed by atoms with van der Waals surface area (Å²) in [4.78, 5) is 18.5. The van der Waals surface area contributed by atoms with Gasteiger partial charge >= 0.3 is 0 Å². The van der Waals surface area contributed by atoms with Crippen LogP contribution in [0, 0.1) is 6.92 Å². The Morgan fingerprint density at radius 3 is 2.62 bits per heavy atom. The first kappa shape index (κ1) is 28.7. The van der Waals surface area contributed by atoms with Crippen LogP contribution in [0.15, 0.2) is 34.9 Å². The van der Waals surface area contributed by atoms with Gasteiger partial charge in [0.1, 0.15) is 25.1 Å². The molecule has 0 radical (unpaired) electrons. The predicted molar refractivity (Wildman–Crippen MR) is 149 cm³/mol. The van der Waals surface area contributed by atoms with Crippen LogP contribution in [-0.2, 0) is 24.2 Å². The van der Waals surface area contributed by atoms with Gasteiger partial charge in [0.25, 0.3) is 5.89 Å². The first-order chi connectivity index (χ1) is 18.9. The SMILES string of the molecule is CCCc1cc(CN2CCCC2)cc(-c2nc(-c3cc(C)c(OCC(O)CNC(=O)CO)c(CC)c3)no2)c1. The molecule has 39 heavy (non-hydrogen) atoms. The molecule has 3 aromatic rings. The van der Waals surface area contributed by atoms with Gasteiger partial charge in [-0.15, -0.1) is 0 Å². The Morgan fingerprint density at radius 1 is 1.13 bits per heavy atom. The van der Waals surface area contributed by atoms with Crippen molar-refractivity contribution < 1.29 is 24.3 Å². The quantitative estimate of drug-likeness (QED) is 0.303. The van der Waals surface area contributed by atoms with Crippen LogP contribution in [0.1, 0.15) is 55.4 Å². The van der Waals surface area contributed by atoms with E-state index in [0.717, 1.165) is 54.7 Å². The third-order valence-electron chi connectivity index (χ3n) is 6.96. The molecule has 0 spiro atoms. The lowest BCUT2D eigenvalue weighted by Crippen LogP contribution is -2.36. The van der Waals surface area contributed by atoms with Gasteiger partial charge in [0.2, 0.25) is 11.7 Å². The zero-order chi connectivity index (χ0) is 27.8. The highest BCUT2D eigenvalue weighted by Crippen LogP contribution is 2.32. The van der Waals surface area contributed by atoms with Crippen molar-refractivity contribution >= 4 is 5.91 Å². The summed E-state index contributed by atoms with van der Waals surface area (Å²) < 4.78 is 11.7. The van der Waals surface area contributed by atoms with Crippen molar-refractivity contribution in [2.45, 2.75) is 65.5 Å². The van der Waals surface area contributed by atoms with Gasteiger partial charge in [0.05, 0.1) is 0 Å². The number of amides is 1. The Kier molecular flexibility index (Phi) is 10.1. The standard InChI is InChI=1S/C30H40N4O5/c1-4-8-21-12-22(17-34-9-6-7-10-34)14-25(13-21)30-32-29(33-39-30)24-11-20(3)28(23(5-2)15-24)38-19-26(36)16-31-27(37)18-35/h11-15,26,35-36H,4-10,16-19H2,1-3H3,(H,31,37). The molecule has 0 bridgehead atoms. The van der Waals surface area contributed by atoms with Crippen molar-refractivity contribution in [2.24, 2.45) is 0 Å². The molecule has 4 rings (SSSR count). The number of benzene rings is 2. The number of carbonyl (C=O) groups excluding carboxylic acids is 1. The van der Waals surface area contributed by atoms with Crippen LogP contribution in [0.2, 0.25) is 0 Å². The van der Waals surface area contributed by atoms with Crippen LogP contribution >= 0.6 is 0 Å². The molecule has 0 aliphatic carbocycles. The lowest BCUT2D eigenvalue weighted by molar-refractivity contribution is -0.124. The number of likely N-dealkylation sites (tertiary alicyclic amines) is 1. The normalized spacial score (nSPS) is 14.5. The number of nitrogens with one attached hydrogen (secondary N) is 1. The van der Waals surface area contributed by atoms with E-state index in [4.69, 9.17) is 19.4 Å². The molecule has 1 amide bonds. The minimum atomic E-state index is -0.900. The maximum absolute atomic E-state index is 11.2. The lowest BCUT2D eigenvalue weighted by atomic mass is 10.0. The van der Waals surface area contributed by atoms with Crippen LogP contribution in [0.25, 0.3) is 22.8 Å². The topological polar surface area (TPSA) is 121 Å². The number of aromatic nitrogens is 2. The number of carbonyl (C=O) groups is 1. The number of rotatable bonds is 13. The van der Waals surface area contributed by atoms with Crippen LogP contribution in [-0.4, -0.2) is 70.1 Å². The maximum Gasteiger partial charge on any atom is 0.258 e. The molecule has 210 valence electrons. The van der Waals surface area contributed by atoms with Gasteiger partial charge in [0, 0.05) is 24.2 Å². The van der Waals surface area contributed by atoms with Crippen molar-refractivity contribution in [3.05, 3.63) is 52.6 Å². The Hall–Kier alpha value is -3.27. The van der Waals surface area contributed by atoms with Gasteiger partial charge in [-0.1, -0.05) is 31.5 Å². The van der Waals surface area contributed by atoms with Crippen molar-refractivity contribution in [3.8, 4) is 28.6 Å². The predicted octanol–water partition coefficient (Wildman–Crippen LogP) is 3.67. The molecule has 1 aromatic heterocycles. The van der Waals surface area contributed by atoms with E-state index >= 15 is 0 Å². The Morgan fingerprint density at radius 2 is 1.90 bits per heavy atom. The zero-order valence-corrected chi connectivity index (χ0v) is 23.2. The van der Waals surface area contributed by atoms with Gasteiger partial charge in [-0.05, 0) is 92.2 Å². The minimum Gasteiger partial charge on any atom is -0.490 e. The summed E-state index contributed by atoms with van der Waals surface area (Å²) in [7, 11) is 0. The molecule has 9 heteroatoms. The Bertz CT molecular complexity index is 1250. The minimum absolute atomic E-state index is 0.00280. The number of aliphatic hydroxyl groups excluding tert-OH is 2. The fraction of sp³-hybridized carbons (Fsp3) is 0.500. The number of nitrogens with zero attached hydrogens (tertiary/aromatic N) is 3. The van der Waals surface area contributed by atoms with E-state index in [1.54, 1.807) is 0 Å². The molecular weight excluding hydrogens is 496 g/mol. The molecule has 0 saturated carbocycles. The van der Waals surface area contributed by atoms with E-state index in [0.29, 0.717) is 23.9 Å². The van der Waals surface area contributed by atoms with Crippen molar-refractivity contribution in [3.63, 3.8) is 0 Å². The second-order valence-corrected chi connectivity index (χ2v) is 10.3. The fourth-order valence-electron chi connectivity index (χ4n) is 5.04. The molecule has 1 atom stereocenters. The van der Waals surface area contributed by atoms with Gasteiger partial charge in [-0.25, -0.2) is 0 Å². The average Bonchev–Trinajstić information content (AvgIpc) is 3.63. The van der Waals surface area contributed by atoms with E-state index in [2.05, 4.69) is 40.5 Å². The van der Waals surface area contributed by atoms with Crippen LogP contribution in [0.4, 0.5) is 0 Å². The van der Waals surface area contributed by atoms with E-state index in [-0.39, 0.29) is 13.2 Å². The number of aliphatic hydroxyl groups is 2. The number of aryl methyl sites for hydroxylation is 3. The summed E-state index contributed by atoms with van der Waals surface area (Å²) in [6, 6.07) is 10.6. The molecule has 1 aliphatic rings. The number of hydrogen-bond acceptors (Lipinski definition) is 8. The van der Waals surface area contributed by atoms with Crippen LogP contribution < -0.4 is 10.1 Å². The third-order valence-corrected chi connectivity index (χ3v) is 6.96. The molecule has 3 N–H and O–H groups in total. The molecular formula is C30H40N4O5.